The van der Waals surface area contributed by atoms with Gasteiger partial charge in [0.15, 0.2) is 0 Å². The van der Waals surface area contributed by atoms with Crippen LogP contribution in [0.4, 0.5) is 5.69 Å². The van der Waals surface area contributed by atoms with Gasteiger partial charge in [-0.2, -0.15) is 0 Å². The fourth-order valence-corrected chi connectivity index (χ4v) is 2.31. The minimum absolute atomic E-state index is 0.0207. The number of likely N-dealkylation sites (N-methyl/N-ethyl adjacent to an activating group) is 1. The smallest absolute Gasteiger partial charge is 0.254 e. The number of anilines is 1. The summed E-state index contributed by atoms with van der Waals surface area (Å²) in [5.74, 6) is -0.227. The Morgan fingerprint density at radius 2 is 2.05 bits per heavy atom. The summed E-state index contributed by atoms with van der Waals surface area (Å²) in [4.78, 5) is 25.8. The van der Waals surface area contributed by atoms with Gasteiger partial charge in [0.05, 0.1) is 5.56 Å². The van der Waals surface area contributed by atoms with Crippen LogP contribution >= 0.6 is 0 Å². The van der Waals surface area contributed by atoms with E-state index >= 15 is 0 Å². The summed E-state index contributed by atoms with van der Waals surface area (Å²) in [7, 11) is 1.75. The van der Waals surface area contributed by atoms with Crippen LogP contribution in [0.5, 0.6) is 0 Å². The lowest BCUT2D eigenvalue weighted by Gasteiger charge is -2.16. The van der Waals surface area contributed by atoms with Crippen molar-refractivity contribution in [2.24, 2.45) is 0 Å². The van der Waals surface area contributed by atoms with Crippen LogP contribution in [0, 0.1) is 0 Å². The lowest BCUT2D eigenvalue weighted by Crippen LogP contribution is -2.40. The van der Waals surface area contributed by atoms with E-state index in [2.05, 4.69) is 10.6 Å². The van der Waals surface area contributed by atoms with Crippen molar-refractivity contribution in [2.45, 2.75) is 32.4 Å². The van der Waals surface area contributed by atoms with Gasteiger partial charge in [-0.3, -0.25) is 9.59 Å². The van der Waals surface area contributed by atoms with Gasteiger partial charge >= 0.3 is 0 Å². The predicted octanol–water partition coefficient (Wildman–Crippen LogP) is 1.47. The maximum Gasteiger partial charge on any atom is 0.254 e. The van der Waals surface area contributed by atoms with E-state index in [0.29, 0.717) is 18.5 Å². The molecule has 1 unspecified atom stereocenters. The van der Waals surface area contributed by atoms with Crippen molar-refractivity contribution < 1.29 is 9.59 Å². The van der Waals surface area contributed by atoms with Crippen LogP contribution in [0.3, 0.4) is 0 Å². The second kappa shape index (κ2) is 5.94. The predicted molar refractivity (Wildman–Crippen MR) is 78.7 cm³/mol. The largest absolute Gasteiger partial charge is 0.382 e. The van der Waals surface area contributed by atoms with Gasteiger partial charge < -0.3 is 15.5 Å². The number of carbonyl (C=O) groups is 2. The number of benzene rings is 1. The van der Waals surface area contributed by atoms with Crippen LogP contribution in [0.1, 0.15) is 30.6 Å². The third kappa shape index (κ3) is 3.10. The van der Waals surface area contributed by atoms with Crippen molar-refractivity contribution in [3.05, 3.63) is 29.8 Å². The molecule has 1 aliphatic rings. The molecule has 0 bridgehead atoms. The minimum atomic E-state index is -0.403. The fraction of sp³-hybridized carbons (Fsp3) is 0.467. The quantitative estimate of drug-likeness (QED) is 0.874. The van der Waals surface area contributed by atoms with E-state index in [0.717, 1.165) is 5.69 Å². The molecule has 1 aromatic carbocycles. The third-order valence-corrected chi connectivity index (χ3v) is 3.35. The average molecular weight is 275 g/mol. The van der Waals surface area contributed by atoms with Crippen LogP contribution < -0.4 is 10.6 Å². The lowest BCUT2D eigenvalue weighted by atomic mass is 10.1. The van der Waals surface area contributed by atoms with Gasteiger partial charge in [0.25, 0.3) is 5.91 Å². The first-order valence-electron chi connectivity index (χ1n) is 6.90. The number of hydrogen-bond donors (Lipinski definition) is 2. The molecule has 1 aromatic rings. The van der Waals surface area contributed by atoms with Crippen LogP contribution in [0.25, 0.3) is 0 Å². The molecule has 20 heavy (non-hydrogen) atoms. The summed E-state index contributed by atoms with van der Waals surface area (Å²) in [6, 6.07) is 7.18. The third-order valence-electron chi connectivity index (χ3n) is 3.35. The van der Waals surface area contributed by atoms with E-state index in [1.54, 1.807) is 18.0 Å². The zero-order valence-electron chi connectivity index (χ0n) is 12.1. The molecule has 2 rings (SSSR count). The number of likely N-dealkylation sites (tertiary alicyclic amines) is 1. The highest BCUT2D eigenvalue weighted by molar-refractivity contribution is 6.02. The summed E-state index contributed by atoms with van der Waals surface area (Å²) in [5.41, 5.74) is 1.36. The van der Waals surface area contributed by atoms with Crippen LogP contribution in [0.2, 0.25) is 0 Å². The first-order chi connectivity index (χ1) is 9.49. The first kappa shape index (κ1) is 14.4. The summed E-state index contributed by atoms with van der Waals surface area (Å²) < 4.78 is 0. The fourth-order valence-electron chi connectivity index (χ4n) is 2.31. The molecule has 5 nitrogen and oxygen atoms in total. The molecule has 108 valence electrons. The number of amides is 2. The van der Waals surface area contributed by atoms with E-state index in [1.165, 1.54) is 0 Å². The molecule has 0 radical (unpaired) electrons. The molecule has 1 heterocycles. The van der Waals surface area contributed by atoms with Crippen molar-refractivity contribution in [3.63, 3.8) is 0 Å². The van der Waals surface area contributed by atoms with Gasteiger partial charge in [0.2, 0.25) is 5.91 Å². The van der Waals surface area contributed by atoms with Crippen molar-refractivity contribution in [2.75, 3.05) is 18.9 Å². The Balaban J connectivity index is 2.11. The molecule has 0 aliphatic carbocycles. The Labute approximate surface area is 119 Å². The molecular formula is C15H21N3O2. The Hall–Kier alpha value is -2.04. The van der Waals surface area contributed by atoms with Crippen molar-refractivity contribution in [1.82, 2.24) is 10.2 Å². The molecule has 2 N–H and O–H groups in total. The second-order valence-electron chi connectivity index (χ2n) is 5.42. The van der Waals surface area contributed by atoms with Crippen LogP contribution in [0.15, 0.2) is 24.3 Å². The minimum Gasteiger partial charge on any atom is -0.382 e. The molecule has 0 aromatic heterocycles. The monoisotopic (exact) mass is 275 g/mol. The van der Waals surface area contributed by atoms with E-state index in [1.807, 2.05) is 32.0 Å². The number of carbonyl (C=O) groups excluding carboxylic acids is 2. The summed E-state index contributed by atoms with van der Waals surface area (Å²) >= 11 is 0. The zero-order valence-corrected chi connectivity index (χ0v) is 12.1. The maximum atomic E-state index is 12.3. The highest BCUT2D eigenvalue weighted by Gasteiger charge is 2.30. The van der Waals surface area contributed by atoms with Crippen molar-refractivity contribution >= 4 is 17.5 Å². The summed E-state index contributed by atoms with van der Waals surface area (Å²) in [6.07, 6.45) is 0.668. The number of nitrogens with one attached hydrogen (secondary N) is 2. The van der Waals surface area contributed by atoms with E-state index in [9.17, 15) is 9.59 Å². The lowest BCUT2D eigenvalue weighted by molar-refractivity contribution is -0.128. The summed E-state index contributed by atoms with van der Waals surface area (Å²) in [6.45, 7) is 4.73. The molecule has 0 saturated carbocycles. The number of hydrogen-bond acceptors (Lipinski definition) is 3. The van der Waals surface area contributed by atoms with E-state index in [-0.39, 0.29) is 17.9 Å². The number of nitrogens with zero attached hydrogens (tertiary/aromatic N) is 1. The Morgan fingerprint density at radius 1 is 1.35 bits per heavy atom. The molecule has 1 atom stereocenters. The molecular weight excluding hydrogens is 254 g/mol. The molecule has 1 saturated heterocycles. The van der Waals surface area contributed by atoms with Gasteiger partial charge in [-0.1, -0.05) is 12.1 Å². The molecule has 2 amide bonds. The number of para-hydroxylation sites is 1. The van der Waals surface area contributed by atoms with E-state index in [4.69, 9.17) is 0 Å². The average Bonchev–Trinajstić information content (AvgIpc) is 2.70. The Kier molecular flexibility index (Phi) is 4.27. The van der Waals surface area contributed by atoms with Gasteiger partial charge in [0, 0.05) is 25.3 Å². The normalized spacial score (nSPS) is 18.5. The maximum absolute atomic E-state index is 12.3. The van der Waals surface area contributed by atoms with E-state index < -0.39 is 6.04 Å². The molecule has 1 fully saturated rings. The van der Waals surface area contributed by atoms with Crippen LogP contribution in [-0.4, -0.2) is 42.4 Å². The Bertz CT molecular complexity index is 514. The van der Waals surface area contributed by atoms with Crippen molar-refractivity contribution in [1.29, 1.82) is 0 Å². The van der Waals surface area contributed by atoms with Gasteiger partial charge in [-0.05, 0) is 32.4 Å². The van der Waals surface area contributed by atoms with Crippen molar-refractivity contribution in [3.8, 4) is 0 Å². The SMILES string of the molecule is CC(C)Nc1ccccc1C(=O)NC1CCN(C)C1=O. The topological polar surface area (TPSA) is 61.4 Å². The van der Waals surface area contributed by atoms with Gasteiger partial charge in [-0.15, -0.1) is 0 Å². The zero-order chi connectivity index (χ0) is 14.7. The highest BCUT2D eigenvalue weighted by Crippen LogP contribution is 2.17. The standard InChI is InChI=1S/C15H21N3O2/c1-10(2)16-12-7-5-4-6-11(12)14(19)17-13-8-9-18(3)15(13)20/h4-7,10,13,16H,8-9H2,1-3H3,(H,17,19). The van der Waals surface area contributed by atoms with Gasteiger partial charge in [0.1, 0.15) is 6.04 Å². The summed E-state index contributed by atoms with van der Waals surface area (Å²) in [5, 5.41) is 6.06. The number of rotatable bonds is 4. The van der Waals surface area contributed by atoms with Gasteiger partial charge in [-0.25, -0.2) is 0 Å². The molecule has 5 heteroatoms. The van der Waals surface area contributed by atoms with Crippen LogP contribution in [-0.2, 0) is 4.79 Å². The molecule has 0 spiro atoms. The first-order valence-corrected chi connectivity index (χ1v) is 6.90. The second-order valence-corrected chi connectivity index (χ2v) is 5.42. The molecule has 1 aliphatic heterocycles. The highest BCUT2D eigenvalue weighted by atomic mass is 16.2. The Morgan fingerprint density at radius 3 is 2.65 bits per heavy atom.